The van der Waals surface area contributed by atoms with Crippen molar-refractivity contribution in [2.45, 2.75) is 31.5 Å². The number of furan rings is 1. The van der Waals surface area contributed by atoms with E-state index < -0.39 is 12.1 Å². The molecule has 1 aliphatic rings. The van der Waals surface area contributed by atoms with Gasteiger partial charge in [0.15, 0.2) is 11.5 Å². The van der Waals surface area contributed by atoms with Crippen LogP contribution in [0.3, 0.4) is 0 Å². The second kappa shape index (κ2) is 12.0. The number of nitrogens with zero attached hydrogens (tertiary/aromatic N) is 2. The van der Waals surface area contributed by atoms with E-state index in [1.54, 1.807) is 24.5 Å². The maximum Gasteiger partial charge on any atom is 0.490 e. The van der Waals surface area contributed by atoms with Gasteiger partial charge in [-0.15, -0.1) is 0 Å². The standard InChI is InChI=1S/C24H23N3O2.C2HF3O2/c25-16-19-3-1-5-21(15-19)20-10-13-27(14-11-20)24(28)23-9-8-22(29-23)7-6-18-4-2-12-26-17-18;3-2(4,5)1(6)7/h1-5,8-9,12,15,17,20H,10-11,13-14,16,25H2;(H,6,7). The number of aromatic nitrogens is 1. The fourth-order valence-electron chi connectivity index (χ4n) is 3.64. The first-order chi connectivity index (χ1) is 17.2. The molecule has 10 heteroatoms. The second-order valence-corrected chi connectivity index (χ2v) is 7.97. The minimum absolute atomic E-state index is 0.0754. The van der Waals surface area contributed by atoms with Gasteiger partial charge in [-0.1, -0.05) is 30.2 Å². The average molecular weight is 499 g/mol. The summed E-state index contributed by atoms with van der Waals surface area (Å²) in [5.74, 6) is 4.37. The first-order valence-corrected chi connectivity index (χ1v) is 11.1. The van der Waals surface area contributed by atoms with Crippen molar-refractivity contribution >= 4 is 11.9 Å². The van der Waals surface area contributed by atoms with E-state index in [1.165, 1.54) is 5.56 Å². The lowest BCUT2D eigenvalue weighted by Crippen LogP contribution is -2.37. The first-order valence-electron chi connectivity index (χ1n) is 11.1. The largest absolute Gasteiger partial charge is 0.490 e. The maximum absolute atomic E-state index is 12.8. The molecule has 3 N–H and O–H groups in total. The van der Waals surface area contributed by atoms with Gasteiger partial charge in [-0.05, 0) is 60.1 Å². The number of halogens is 3. The molecule has 1 fully saturated rings. The van der Waals surface area contributed by atoms with E-state index in [9.17, 15) is 18.0 Å². The number of carboxylic acid groups (broad SMARTS) is 1. The molecule has 7 nitrogen and oxygen atoms in total. The molecule has 0 saturated carbocycles. The van der Waals surface area contributed by atoms with Gasteiger partial charge in [0.1, 0.15) is 0 Å². The summed E-state index contributed by atoms with van der Waals surface area (Å²) in [6.07, 6.45) is 0.185. The molecule has 3 aromatic rings. The van der Waals surface area contributed by atoms with Crippen molar-refractivity contribution in [3.8, 4) is 11.8 Å². The number of carbonyl (C=O) groups is 2. The van der Waals surface area contributed by atoms with Crippen LogP contribution in [0.25, 0.3) is 0 Å². The summed E-state index contributed by atoms with van der Waals surface area (Å²) in [6.45, 7) is 1.98. The fourth-order valence-corrected chi connectivity index (χ4v) is 3.64. The molecule has 2 aromatic heterocycles. The van der Waals surface area contributed by atoms with E-state index in [2.05, 4.69) is 35.0 Å². The van der Waals surface area contributed by atoms with Crippen LogP contribution in [-0.4, -0.2) is 46.1 Å². The van der Waals surface area contributed by atoms with Crippen molar-refractivity contribution in [3.05, 3.63) is 89.1 Å². The van der Waals surface area contributed by atoms with Gasteiger partial charge in [-0.2, -0.15) is 13.2 Å². The van der Waals surface area contributed by atoms with Gasteiger partial charge in [-0.25, -0.2) is 4.79 Å². The molecule has 0 aliphatic carbocycles. The van der Waals surface area contributed by atoms with E-state index in [4.69, 9.17) is 20.1 Å². The molecule has 1 amide bonds. The number of carbonyl (C=O) groups excluding carboxylic acids is 1. The van der Waals surface area contributed by atoms with Gasteiger partial charge >= 0.3 is 12.1 Å². The van der Waals surface area contributed by atoms with Gasteiger partial charge in [-0.3, -0.25) is 9.78 Å². The monoisotopic (exact) mass is 499 g/mol. The number of amides is 1. The molecule has 4 rings (SSSR count). The third-order valence-electron chi connectivity index (χ3n) is 5.49. The van der Waals surface area contributed by atoms with E-state index in [1.807, 2.05) is 23.1 Å². The number of carboxylic acids is 1. The lowest BCUT2D eigenvalue weighted by Gasteiger charge is -2.31. The predicted octanol–water partition coefficient (Wildman–Crippen LogP) is 4.19. The Hall–Kier alpha value is -4.10. The number of aliphatic carboxylic acids is 1. The van der Waals surface area contributed by atoms with Gasteiger partial charge < -0.3 is 20.2 Å². The van der Waals surface area contributed by atoms with Gasteiger partial charge in [0, 0.05) is 37.6 Å². The van der Waals surface area contributed by atoms with Crippen LogP contribution in [0.4, 0.5) is 13.2 Å². The molecule has 1 saturated heterocycles. The third-order valence-corrected chi connectivity index (χ3v) is 5.49. The molecule has 0 unspecified atom stereocenters. The Morgan fingerprint density at radius 1 is 1.11 bits per heavy atom. The van der Waals surface area contributed by atoms with E-state index >= 15 is 0 Å². The molecule has 0 spiro atoms. The number of benzene rings is 1. The maximum atomic E-state index is 12.8. The molecule has 1 aliphatic heterocycles. The Labute approximate surface area is 205 Å². The Bertz CT molecular complexity index is 1240. The highest BCUT2D eigenvalue weighted by atomic mass is 19.4. The van der Waals surface area contributed by atoms with Crippen LogP contribution in [0.2, 0.25) is 0 Å². The number of hydrogen-bond donors (Lipinski definition) is 2. The van der Waals surface area contributed by atoms with Gasteiger partial charge in [0.2, 0.25) is 0 Å². The first kappa shape index (κ1) is 26.5. The summed E-state index contributed by atoms with van der Waals surface area (Å²) >= 11 is 0. The highest BCUT2D eigenvalue weighted by Gasteiger charge is 2.38. The zero-order chi connectivity index (χ0) is 26.1. The van der Waals surface area contributed by atoms with Gasteiger partial charge in [0.25, 0.3) is 5.91 Å². The number of hydrogen-bond acceptors (Lipinski definition) is 5. The summed E-state index contributed by atoms with van der Waals surface area (Å²) in [5, 5.41) is 7.12. The minimum Gasteiger partial charge on any atom is -0.475 e. The fraction of sp³-hybridized carbons (Fsp3) is 0.269. The number of rotatable bonds is 3. The normalized spacial score (nSPS) is 13.7. The molecule has 1 aromatic carbocycles. The van der Waals surface area contributed by atoms with Crippen molar-refractivity contribution < 1.29 is 32.3 Å². The molecular weight excluding hydrogens is 475 g/mol. The Balaban J connectivity index is 0.000000454. The van der Waals surface area contributed by atoms with Gasteiger partial charge in [0.05, 0.1) is 0 Å². The zero-order valence-corrected chi connectivity index (χ0v) is 19.2. The molecule has 36 heavy (non-hydrogen) atoms. The molecular formula is C26H24F3N3O4. The molecule has 0 atom stereocenters. The Kier molecular flexibility index (Phi) is 8.86. The summed E-state index contributed by atoms with van der Waals surface area (Å²) < 4.78 is 37.4. The average Bonchev–Trinajstić information content (AvgIpc) is 3.37. The van der Waals surface area contributed by atoms with E-state index in [-0.39, 0.29) is 5.91 Å². The number of pyridine rings is 1. The van der Waals surface area contributed by atoms with Crippen LogP contribution in [0.5, 0.6) is 0 Å². The number of alkyl halides is 3. The highest BCUT2D eigenvalue weighted by Crippen LogP contribution is 2.29. The predicted molar refractivity (Wildman–Crippen MR) is 125 cm³/mol. The number of piperidine rings is 1. The van der Waals surface area contributed by atoms with Crippen molar-refractivity contribution in [1.82, 2.24) is 9.88 Å². The Morgan fingerprint density at radius 2 is 1.83 bits per heavy atom. The minimum atomic E-state index is -5.08. The molecule has 0 radical (unpaired) electrons. The Morgan fingerprint density at radius 3 is 2.44 bits per heavy atom. The highest BCUT2D eigenvalue weighted by molar-refractivity contribution is 5.91. The van der Waals surface area contributed by atoms with Crippen LogP contribution in [-0.2, 0) is 11.3 Å². The number of nitrogens with two attached hydrogens (primary N) is 1. The van der Waals surface area contributed by atoms with Crippen LogP contribution in [0, 0.1) is 11.8 Å². The lowest BCUT2D eigenvalue weighted by molar-refractivity contribution is -0.192. The van der Waals surface area contributed by atoms with Crippen LogP contribution in [0.15, 0.2) is 65.3 Å². The van der Waals surface area contributed by atoms with E-state index in [0.717, 1.165) is 24.0 Å². The molecule has 0 bridgehead atoms. The number of likely N-dealkylation sites (tertiary alicyclic amines) is 1. The second-order valence-electron chi connectivity index (χ2n) is 7.97. The smallest absolute Gasteiger partial charge is 0.475 e. The topological polar surface area (TPSA) is 110 Å². The van der Waals surface area contributed by atoms with Crippen LogP contribution in [0.1, 0.15) is 51.8 Å². The van der Waals surface area contributed by atoms with E-state index in [0.29, 0.717) is 37.1 Å². The zero-order valence-electron chi connectivity index (χ0n) is 19.2. The summed E-state index contributed by atoms with van der Waals surface area (Å²) in [6, 6.07) is 15.6. The van der Waals surface area contributed by atoms with Crippen molar-refractivity contribution in [2.75, 3.05) is 13.1 Å². The van der Waals surface area contributed by atoms with Crippen molar-refractivity contribution in [3.63, 3.8) is 0 Å². The summed E-state index contributed by atoms with van der Waals surface area (Å²) in [4.78, 5) is 27.6. The third kappa shape index (κ3) is 7.45. The van der Waals surface area contributed by atoms with Crippen molar-refractivity contribution in [2.24, 2.45) is 5.73 Å². The lowest BCUT2D eigenvalue weighted by atomic mass is 9.88. The summed E-state index contributed by atoms with van der Waals surface area (Å²) in [7, 11) is 0. The molecule has 3 heterocycles. The quantitative estimate of drug-likeness (QED) is 0.523. The van der Waals surface area contributed by atoms with Crippen LogP contribution < -0.4 is 5.73 Å². The SMILES string of the molecule is NCc1cccc(C2CCN(C(=O)c3ccc(C#Cc4cccnc4)o3)CC2)c1.O=C(O)C(F)(F)F. The summed E-state index contributed by atoms with van der Waals surface area (Å²) in [5.41, 5.74) is 9.02. The van der Waals surface area contributed by atoms with Crippen LogP contribution >= 0.6 is 0 Å². The van der Waals surface area contributed by atoms with Crippen molar-refractivity contribution in [1.29, 1.82) is 0 Å². The molecule has 188 valence electrons.